The molecule has 0 aromatic carbocycles. The first-order valence-corrected chi connectivity index (χ1v) is 7.38. The molecule has 21 heavy (non-hydrogen) atoms. The topological polar surface area (TPSA) is 67.2 Å². The summed E-state index contributed by atoms with van der Waals surface area (Å²) >= 11 is 0. The van der Waals surface area contributed by atoms with E-state index in [1.807, 2.05) is 18.2 Å². The number of aromatic nitrogens is 1. The second kappa shape index (κ2) is 5.00. The maximum absolute atomic E-state index is 12.3. The molecule has 3 atom stereocenters. The Bertz CT molecular complexity index is 653. The smallest absolute Gasteiger partial charge is 0.287 e. The van der Waals surface area contributed by atoms with Gasteiger partial charge >= 0.3 is 0 Å². The van der Waals surface area contributed by atoms with Crippen LogP contribution < -0.4 is 10.6 Å². The van der Waals surface area contributed by atoms with Crippen molar-refractivity contribution in [1.82, 2.24) is 15.6 Å². The third-order valence-corrected chi connectivity index (χ3v) is 4.36. The monoisotopic (exact) mass is 283 g/mol. The number of hydrogen-bond acceptors (Lipinski definition) is 4. The summed E-state index contributed by atoms with van der Waals surface area (Å²) in [7, 11) is 0. The van der Waals surface area contributed by atoms with Crippen molar-refractivity contribution in [3.05, 3.63) is 42.3 Å². The molecule has 3 unspecified atom stereocenters. The highest BCUT2D eigenvalue weighted by Gasteiger charge is 2.39. The molecule has 5 heteroatoms. The van der Waals surface area contributed by atoms with E-state index in [2.05, 4.69) is 15.6 Å². The van der Waals surface area contributed by atoms with E-state index in [-0.39, 0.29) is 11.9 Å². The predicted octanol–water partition coefficient (Wildman–Crippen LogP) is 1.96. The molecule has 4 heterocycles. The van der Waals surface area contributed by atoms with Crippen LogP contribution in [0.25, 0.3) is 11.5 Å². The fourth-order valence-electron chi connectivity index (χ4n) is 3.33. The largest absolute Gasteiger partial charge is 0.449 e. The van der Waals surface area contributed by atoms with Crippen molar-refractivity contribution in [1.29, 1.82) is 0 Å². The number of amides is 1. The van der Waals surface area contributed by atoms with Crippen LogP contribution in [0.15, 0.2) is 40.9 Å². The normalized spacial score (nSPS) is 27.0. The van der Waals surface area contributed by atoms with Crippen LogP contribution in [-0.2, 0) is 0 Å². The van der Waals surface area contributed by atoms with Crippen LogP contribution in [0.3, 0.4) is 0 Å². The molecule has 0 aliphatic carbocycles. The quantitative estimate of drug-likeness (QED) is 0.903. The molecule has 2 N–H and O–H groups in total. The van der Waals surface area contributed by atoms with Gasteiger partial charge in [-0.2, -0.15) is 0 Å². The van der Waals surface area contributed by atoms with Gasteiger partial charge in [-0.3, -0.25) is 9.78 Å². The molecule has 2 aliphatic rings. The predicted molar refractivity (Wildman–Crippen MR) is 77.8 cm³/mol. The van der Waals surface area contributed by atoms with E-state index >= 15 is 0 Å². The molecule has 2 saturated heterocycles. The Balaban J connectivity index is 1.47. The number of nitrogens with one attached hydrogen (secondary N) is 2. The summed E-state index contributed by atoms with van der Waals surface area (Å²) in [6, 6.07) is 10.3. The molecule has 0 saturated carbocycles. The number of fused-ring (bicyclic) bond motifs is 2. The second-order valence-electron chi connectivity index (χ2n) is 5.74. The van der Waals surface area contributed by atoms with Gasteiger partial charge in [0.1, 0.15) is 5.69 Å². The Kier molecular flexibility index (Phi) is 3.00. The average Bonchev–Trinajstić information content (AvgIpc) is 3.24. The van der Waals surface area contributed by atoms with Crippen molar-refractivity contribution in [3.8, 4) is 11.5 Å². The minimum Gasteiger partial charge on any atom is -0.449 e. The van der Waals surface area contributed by atoms with Crippen molar-refractivity contribution in [3.63, 3.8) is 0 Å². The van der Waals surface area contributed by atoms with E-state index in [0.717, 1.165) is 18.5 Å². The lowest BCUT2D eigenvalue weighted by atomic mass is 9.95. The van der Waals surface area contributed by atoms with E-state index < -0.39 is 0 Å². The zero-order valence-electron chi connectivity index (χ0n) is 11.6. The highest BCUT2D eigenvalue weighted by Crippen LogP contribution is 2.28. The van der Waals surface area contributed by atoms with E-state index in [9.17, 15) is 4.79 Å². The average molecular weight is 283 g/mol. The van der Waals surface area contributed by atoms with E-state index in [4.69, 9.17) is 4.42 Å². The van der Waals surface area contributed by atoms with Gasteiger partial charge < -0.3 is 15.1 Å². The minimum absolute atomic E-state index is 0.142. The van der Waals surface area contributed by atoms with E-state index in [0.29, 0.717) is 23.6 Å². The lowest BCUT2D eigenvalue weighted by Crippen LogP contribution is -2.42. The zero-order chi connectivity index (χ0) is 14.2. The molecule has 2 aromatic rings. The highest BCUT2D eigenvalue weighted by atomic mass is 16.4. The summed E-state index contributed by atoms with van der Waals surface area (Å²) in [4.78, 5) is 16.5. The summed E-state index contributed by atoms with van der Waals surface area (Å²) in [6.07, 6.45) is 5.09. The number of carbonyl (C=O) groups is 1. The highest BCUT2D eigenvalue weighted by molar-refractivity contribution is 5.92. The molecule has 2 aliphatic heterocycles. The number of hydrogen-bond donors (Lipinski definition) is 2. The third kappa shape index (κ3) is 2.34. The Morgan fingerprint density at radius 1 is 1.29 bits per heavy atom. The summed E-state index contributed by atoms with van der Waals surface area (Å²) in [6.45, 7) is 0. The van der Waals surface area contributed by atoms with Gasteiger partial charge in [0.2, 0.25) is 0 Å². The SMILES string of the molecule is O=C(NC1CC2CCC1N2)c1ccc(-c2ccccn2)o1. The van der Waals surface area contributed by atoms with E-state index in [1.165, 1.54) is 6.42 Å². The molecule has 5 nitrogen and oxygen atoms in total. The summed E-state index contributed by atoms with van der Waals surface area (Å²) in [5, 5.41) is 6.59. The molecular weight excluding hydrogens is 266 g/mol. The van der Waals surface area contributed by atoms with Crippen LogP contribution in [0, 0.1) is 0 Å². The first kappa shape index (κ1) is 12.6. The minimum atomic E-state index is -0.142. The van der Waals surface area contributed by atoms with Crippen LogP contribution in [0.4, 0.5) is 0 Å². The number of nitrogens with zero attached hydrogens (tertiary/aromatic N) is 1. The Hall–Kier alpha value is -2.14. The molecule has 0 spiro atoms. The lowest BCUT2D eigenvalue weighted by molar-refractivity contribution is 0.0903. The maximum Gasteiger partial charge on any atom is 0.287 e. The first-order chi connectivity index (χ1) is 10.3. The van der Waals surface area contributed by atoms with Gasteiger partial charge in [-0.15, -0.1) is 0 Å². The zero-order valence-corrected chi connectivity index (χ0v) is 11.6. The van der Waals surface area contributed by atoms with Crippen molar-refractivity contribution in [2.75, 3.05) is 0 Å². The molecule has 0 radical (unpaired) electrons. The standard InChI is InChI=1S/C16H17N3O2/c20-16(19-13-9-10-4-5-11(13)18-10)15-7-6-14(21-15)12-3-1-2-8-17-12/h1-3,6-8,10-11,13,18H,4-5,9H2,(H,19,20). The number of rotatable bonds is 3. The summed E-state index contributed by atoms with van der Waals surface area (Å²) in [5.41, 5.74) is 0.734. The van der Waals surface area contributed by atoms with E-state index in [1.54, 1.807) is 18.3 Å². The Morgan fingerprint density at radius 3 is 2.95 bits per heavy atom. The van der Waals surface area contributed by atoms with Gasteiger partial charge in [-0.05, 0) is 43.5 Å². The van der Waals surface area contributed by atoms with Crippen LogP contribution >= 0.6 is 0 Å². The van der Waals surface area contributed by atoms with Crippen LogP contribution in [0.1, 0.15) is 29.8 Å². The Morgan fingerprint density at radius 2 is 2.24 bits per heavy atom. The van der Waals surface area contributed by atoms with Gasteiger partial charge in [0.25, 0.3) is 5.91 Å². The fraction of sp³-hybridized carbons (Fsp3) is 0.375. The first-order valence-electron chi connectivity index (χ1n) is 7.38. The van der Waals surface area contributed by atoms with Gasteiger partial charge in [0.15, 0.2) is 11.5 Å². The van der Waals surface area contributed by atoms with Crippen molar-refractivity contribution in [2.45, 2.75) is 37.4 Å². The van der Waals surface area contributed by atoms with Crippen LogP contribution in [0.5, 0.6) is 0 Å². The fourth-order valence-corrected chi connectivity index (χ4v) is 3.33. The second-order valence-corrected chi connectivity index (χ2v) is 5.74. The summed E-state index contributed by atoms with van der Waals surface area (Å²) in [5.74, 6) is 0.821. The molecule has 2 bridgehead atoms. The van der Waals surface area contributed by atoms with Crippen molar-refractivity contribution < 1.29 is 9.21 Å². The van der Waals surface area contributed by atoms with Crippen LogP contribution in [-0.4, -0.2) is 29.0 Å². The third-order valence-electron chi connectivity index (χ3n) is 4.36. The van der Waals surface area contributed by atoms with Gasteiger partial charge in [-0.1, -0.05) is 6.07 Å². The maximum atomic E-state index is 12.3. The molecule has 108 valence electrons. The summed E-state index contributed by atoms with van der Waals surface area (Å²) < 4.78 is 5.63. The number of pyridine rings is 1. The lowest BCUT2D eigenvalue weighted by Gasteiger charge is -2.20. The Labute approximate surface area is 122 Å². The molecular formula is C16H17N3O2. The van der Waals surface area contributed by atoms with Gasteiger partial charge in [-0.25, -0.2) is 0 Å². The van der Waals surface area contributed by atoms with Gasteiger partial charge in [0, 0.05) is 24.3 Å². The number of carbonyl (C=O) groups excluding carboxylic acids is 1. The van der Waals surface area contributed by atoms with Crippen molar-refractivity contribution >= 4 is 5.91 Å². The molecule has 2 fully saturated rings. The molecule has 2 aromatic heterocycles. The molecule has 1 amide bonds. The molecule has 4 rings (SSSR count). The van der Waals surface area contributed by atoms with Crippen molar-refractivity contribution in [2.24, 2.45) is 0 Å². The van der Waals surface area contributed by atoms with Gasteiger partial charge in [0.05, 0.1) is 0 Å². The van der Waals surface area contributed by atoms with Crippen LogP contribution in [0.2, 0.25) is 0 Å². The number of furan rings is 1.